The largest absolute Gasteiger partial charge is 0.463 e. The van der Waals surface area contributed by atoms with Gasteiger partial charge in [-0.2, -0.15) is 5.10 Å². The average Bonchev–Trinajstić information content (AvgIpc) is 2.72. The van der Waals surface area contributed by atoms with Gasteiger partial charge in [-0.1, -0.05) is 0 Å². The predicted octanol–water partition coefficient (Wildman–Crippen LogP) is 1.83. The van der Waals surface area contributed by atoms with Crippen molar-refractivity contribution in [1.29, 1.82) is 0 Å². The van der Waals surface area contributed by atoms with E-state index >= 15 is 0 Å². The van der Waals surface area contributed by atoms with Gasteiger partial charge in [0, 0.05) is 11.6 Å². The molecule has 2 aromatic heterocycles. The van der Waals surface area contributed by atoms with Crippen molar-refractivity contribution < 1.29 is 13.9 Å². The molecular formula is C11H10FN3O2. The molecule has 0 spiro atoms. The van der Waals surface area contributed by atoms with Crippen molar-refractivity contribution in [2.75, 3.05) is 6.61 Å². The quantitative estimate of drug-likeness (QED) is 0.651. The van der Waals surface area contributed by atoms with E-state index in [1.165, 1.54) is 0 Å². The average molecular weight is 235 g/mol. The van der Waals surface area contributed by atoms with Crippen LogP contribution in [0.5, 0.6) is 0 Å². The van der Waals surface area contributed by atoms with Gasteiger partial charge in [0.25, 0.3) is 0 Å². The first-order chi connectivity index (χ1) is 8.22. The van der Waals surface area contributed by atoms with E-state index in [0.717, 1.165) is 6.08 Å². The van der Waals surface area contributed by atoms with Gasteiger partial charge < -0.3 is 4.74 Å². The molecule has 2 aromatic rings. The standard InChI is InChI=1S/C11H10FN3O2/c1-2-17-9(16)6-8(12)10-7-4-3-5-13-11(7)15-14-10/h3-6H,2H2,1H3,(H,13,14,15). The molecule has 0 saturated carbocycles. The van der Waals surface area contributed by atoms with Gasteiger partial charge in [0.15, 0.2) is 11.5 Å². The first kappa shape index (κ1) is 11.3. The Morgan fingerprint density at radius 1 is 1.65 bits per heavy atom. The van der Waals surface area contributed by atoms with E-state index in [1.54, 1.807) is 25.3 Å². The molecule has 1 N–H and O–H groups in total. The van der Waals surface area contributed by atoms with Crippen molar-refractivity contribution in [3.8, 4) is 0 Å². The summed E-state index contributed by atoms with van der Waals surface area (Å²) >= 11 is 0. The van der Waals surface area contributed by atoms with Crippen LogP contribution in [0.15, 0.2) is 24.4 Å². The number of nitrogens with one attached hydrogen (secondary N) is 1. The van der Waals surface area contributed by atoms with Crippen LogP contribution in [-0.4, -0.2) is 27.8 Å². The Kier molecular flexibility index (Phi) is 3.13. The summed E-state index contributed by atoms with van der Waals surface area (Å²) in [7, 11) is 0. The number of esters is 1. The first-order valence-corrected chi connectivity index (χ1v) is 5.05. The van der Waals surface area contributed by atoms with Gasteiger partial charge >= 0.3 is 5.97 Å². The van der Waals surface area contributed by atoms with Crippen LogP contribution in [0.4, 0.5) is 4.39 Å². The zero-order valence-corrected chi connectivity index (χ0v) is 9.11. The number of rotatable bonds is 3. The van der Waals surface area contributed by atoms with Crippen LogP contribution >= 0.6 is 0 Å². The molecule has 5 nitrogen and oxygen atoms in total. The molecule has 0 aliphatic carbocycles. The molecular weight excluding hydrogens is 225 g/mol. The maximum atomic E-state index is 13.7. The van der Waals surface area contributed by atoms with Gasteiger partial charge in [0.2, 0.25) is 0 Å². The van der Waals surface area contributed by atoms with Gasteiger partial charge in [0.1, 0.15) is 5.69 Å². The third kappa shape index (κ3) is 2.30. The highest BCUT2D eigenvalue weighted by molar-refractivity contribution is 5.94. The lowest BCUT2D eigenvalue weighted by atomic mass is 10.2. The number of halogens is 1. The molecule has 0 amide bonds. The van der Waals surface area contributed by atoms with Crippen LogP contribution in [0.1, 0.15) is 12.6 Å². The van der Waals surface area contributed by atoms with Crippen molar-refractivity contribution >= 4 is 22.8 Å². The van der Waals surface area contributed by atoms with Crippen LogP contribution in [0, 0.1) is 0 Å². The van der Waals surface area contributed by atoms with E-state index in [0.29, 0.717) is 11.0 Å². The van der Waals surface area contributed by atoms with Crippen LogP contribution in [0.2, 0.25) is 0 Å². The second-order valence-corrected chi connectivity index (χ2v) is 3.22. The molecule has 0 aliphatic heterocycles. The number of aromatic amines is 1. The zero-order valence-electron chi connectivity index (χ0n) is 9.11. The van der Waals surface area contributed by atoms with Crippen molar-refractivity contribution in [2.45, 2.75) is 6.92 Å². The third-order valence-corrected chi connectivity index (χ3v) is 2.10. The van der Waals surface area contributed by atoms with Crippen LogP contribution in [-0.2, 0) is 9.53 Å². The number of hydrogen-bond acceptors (Lipinski definition) is 4. The van der Waals surface area contributed by atoms with Gasteiger partial charge in [-0.05, 0) is 19.1 Å². The number of carbonyl (C=O) groups excluding carboxylic acids is 1. The molecule has 0 aliphatic rings. The van der Waals surface area contributed by atoms with E-state index in [9.17, 15) is 9.18 Å². The summed E-state index contributed by atoms with van der Waals surface area (Å²) in [5.74, 6) is -1.45. The molecule has 0 saturated heterocycles. The smallest absolute Gasteiger partial charge is 0.333 e. The Balaban J connectivity index is 2.36. The van der Waals surface area contributed by atoms with E-state index in [-0.39, 0.29) is 12.3 Å². The summed E-state index contributed by atoms with van der Waals surface area (Å²) in [5, 5.41) is 6.84. The Morgan fingerprint density at radius 2 is 2.47 bits per heavy atom. The maximum absolute atomic E-state index is 13.7. The fraction of sp³-hybridized carbons (Fsp3) is 0.182. The highest BCUT2D eigenvalue weighted by Crippen LogP contribution is 2.21. The number of hydrogen-bond donors (Lipinski definition) is 1. The summed E-state index contributed by atoms with van der Waals surface area (Å²) in [6.07, 6.45) is 2.34. The maximum Gasteiger partial charge on any atom is 0.333 e. The summed E-state index contributed by atoms with van der Waals surface area (Å²) in [6, 6.07) is 3.33. The van der Waals surface area contributed by atoms with Crippen molar-refractivity contribution in [3.63, 3.8) is 0 Å². The number of nitrogens with zero attached hydrogens (tertiary/aromatic N) is 2. The molecule has 0 radical (unpaired) electrons. The number of aromatic nitrogens is 3. The SMILES string of the molecule is CCOC(=O)C=C(F)c1[nH]nc2ncccc12. The van der Waals surface area contributed by atoms with Crippen molar-refractivity contribution in [2.24, 2.45) is 0 Å². The molecule has 0 bridgehead atoms. The number of carbonyl (C=O) groups is 1. The second kappa shape index (κ2) is 4.73. The van der Waals surface area contributed by atoms with E-state index in [4.69, 9.17) is 0 Å². The number of H-pyrrole nitrogens is 1. The summed E-state index contributed by atoms with van der Waals surface area (Å²) in [6.45, 7) is 1.85. The lowest BCUT2D eigenvalue weighted by Crippen LogP contribution is -2.00. The number of pyridine rings is 1. The Bertz CT molecular complexity index is 577. The molecule has 0 aromatic carbocycles. The molecule has 2 heterocycles. The minimum absolute atomic E-state index is 0.126. The summed E-state index contributed by atoms with van der Waals surface area (Å²) < 4.78 is 18.4. The Labute approximate surface area is 96.3 Å². The first-order valence-electron chi connectivity index (χ1n) is 5.05. The molecule has 6 heteroatoms. The summed E-state index contributed by atoms with van der Waals surface area (Å²) in [4.78, 5) is 15.0. The lowest BCUT2D eigenvalue weighted by molar-refractivity contribution is -0.137. The van der Waals surface area contributed by atoms with E-state index in [2.05, 4.69) is 19.9 Å². The predicted molar refractivity (Wildman–Crippen MR) is 59.6 cm³/mol. The van der Waals surface area contributed by atoms with Crippen LogP contribution in [0.25, 0.3) is 16.9 Å². The van der Waals surface area contributed by atoms with Gasteiger partial charge in [-0.15, -0.1) is 0 Å². The second-order valence-electron chi connectivity index (χ2n) is 3.22. The minimum Gasteiger partial charge on any atom is -0.463 e. The number of ether oxygens (including phenoxy) is 1. The monoisotopic (exact) mass is 235 g/mol. The molecule has 0 atom stereocenters. The van der Waals surface area contributed by atoms with E-state index < -0.39 is 11.8 Å². The topological polar surface area (TPSA) is 67.9 Å². The fourth-order valence-corrected chi connectivity index (χ4v) is 1.39. The molecule has 88 valence electrons. The molecule has 0 unspecified atom stereocenters. The molecule has 2 rings (SSSR count). The third-order valence-electron chi connectivity index (χ3n) is 2.10. The normalized spacial score (nSPS) is 11.8. The van der Waals surface area contributed by atoms with Crippen molar-refractivity contribution in [1.82, 2.24) is 15.2 Å². The molecule has 0 fully saturated rings. The fourth-order valence-electron chi connectivity index (χ4n) is 1.39. The van der Waals surface area contributed by atoms with Gasteiger partial charge in [0.05, 0.1) is 12.7 Å². The Hall–Kier alpha value is -2.24. The van der Waals surface area contributed by atoms with Crippen LogP contribution in [0.3, 0.4) is 0 Å². The number of fused-ring (bicyclic) bond motifs is 1. The summed E-state index contributed by atoms with van der Waals surface area (Å²) in [5.41, 5.74) is 0.524. The highest BCUT2D eigenvalue weighted by Gasteiger charge is 2.11. The van der Waals surface area contributed by atoms with Gasteiger partial charge in [-0.3, -0.25) is 5.10 Å². The Morgan fingerprint density at radius 3 is 3.24 bits per heavy atom. The van der Waals surface area contributed by atoms with Gasteiger partial charge in [-0.25, -0.2) is 14.2 Å². The highest BCUT2D eigenvalue weighted by atomic mass is 19.1. The minimum atomic E-state index is -0.725. The van der Waals surface area contributed by atoms with E-state index in [1.807, 2.05) is 0 Å². The van der Waals surface area contributed by atoms with Crippen molar-refractivity contribution in [3.05, 3.63) is 30.1 Å². The zero-order chi connectivity index (χ0) is 12.3. The lowest BCUT2D eigenvalue weighted by Gasteiger charge is -1.96. The van der Waals surface area contributed by atoms with Crippen LogP contribution < -0.4 is 0 Å². The molecule has 17 heavy (non-hydrogen) atoms.